The Morgan fingerprint density at radius 1 is 0.630 bits per heavy atom. The molecule has 0 radical (unpaired) electrons. The summed E-state index contributed by atoms with van der Waals surface area (Å²) in [6.07, 6.45) is 8.94. The molecule has 3 aromatic rings. The van der Waals surface area contributed by atoms with E-state index in [0.717, 1.165) is 17.8 Å². The number of hydrogen-bond acceptors (Lipinski definition) is 0. The summed E-state index contributed by atoms with van der Waals surface area (Å²) in [7, 11) is -0.490. The van der Waals surface area contributed by atoms with Crippen molar-refractivity contribution in [1.29, 1.82) is 0 Å². The van der Waals surface area contributed by atoms with Gasteiger partial charge in [0.15, 0.2) is 0 Å². The van der Waals surface area contributed by atoms with Crippen molar-refractivity contribution in [3.63, 3.8) is 0 Å². The summed E-state index contributed by atoms with van der Waals surface area (Å²) in [5, 5.41) is 4.29. The van der Waals surface area contributed by atoms with Gasteiger partial charge in [0.1, 0.15) is 0 Å². The number of allylic oxidation sites excluding steroid dienone is 2. The lowest BCUT2D eigenvalue weighted by atomic mass is 9.88. The second kappa shape index (κ2) is 7.45. The first-order valence-corrected chi connectivity index (χ1v) is 11.4. The maximum Gasteiger partial charge on any atom is -0.0134 e. The molecule has 0 amide bonds. The van der Waals surface area contributed by atoms with Crippen LogP contribution in [0.1, 0.15) is 18.4 Å². The molecule has 3 aromatic carbocycles. The highest BCUT2D eigenvalue weighted by atomic mass is 31.1. The van der Waals surface area contributed by atoms with E-state index >= 15 is 0 Å². The topological polar surface area (TPSA) is 0 Å². The van der Waals surface area contributed by atoms with Crippen LogP contribution in [-0.4, -0.2) is 0 Å². The Labute approximate surface area is 163 Å². The van der Waals surface area contributed by atoms with Crippen LogP contribution in [0, 0.1) is 17.8 Å². The van der Waals surface area contributed by atoms with Crippen LogP contribution in [0.2, 0.25) is 0 Å². The predicted octanol–water partition coefficient (Wildman–Crippen LogP) is 5.20. The molecule has 134 valence electrons. The second-order valence-corrected chi connectivity index (χ2v) is 10.1. The summed E-state index contributed by atoms with van der Waals surface area (Å²) in [4.78, 5) is 0. The van der Waals surface area contributed by atoms with Crippen LogP contribution in [-0.2, 0) is 6.42 Å². The summed E-state index contributed by atoms with van der Waals surface area (Å²) >= 11 is 0. The molecule has 5 rings (SSSR count). The van der Waals surface area contributed by atoms with Crippen molar-refractivity contribution in [2.75, 3.05) is 0 Å². The van der Waals surface area contributed by atoms with Crippen molar-refractivity contribution in [3.05, 3.63) is 103 Å². The van der Waals surface area contributed by atoms with Crippen molar-refractivity contribution >= 4 is 23.8 Å². The van der Waals surface area contributed by atoms with Gasteiger partial charge in [0.25, 0.3) is 0 Å². The lowest BCUT2D eigenvalue weighted by Gasteiger charge is -2.21. The van der Waals surface area contributed by atoms with E-state index < -0.39 is 7.92 Å². The monoisotopic (exact) mass is 368 g/mol. The number of benzene rings is 3. The van der Waals surface area contributed by atoms with Gasteiger partial charge in [-0.2, -0.15) is 0 Å². The Kier molecular flexibility index (Phi) is 4.68. The third kappa shape index (κ3) is 3.52. The summed E-state index contributed by atoms with van der Waals surface area (Å²) in [6.45, 7) is 0. The highest BCUT2D eigenvalue weighted by molar-refractivity contribution is 7.79. The third-order valence-electron chi connectivity index (χ3n) is 6.14. The van der Waals surface area contributed by atoms with E-state index in [-0.39, 0.29) is 0 Å². The predicted molar refractivity (Wildman–Crippen MR) is 118 cm³/mol. The minimum absolute atomic E-state index is 0.490. The molecule has 0 nitrogen and oxygen atoms in total. The first-order chi connectivity index (χ1) is 13.4. The summed E-state index contributed by atoms with van der Waals surface area (Å²) < 4.78 is 0. The Bertz CT molecular complexity index is 872. The van der Waals surface area contributed by atoms with Crippen LogP contribution in [0.5, 0.6) is 0 Å². The molecule has 3 atom stereocenters. The van der Waals surface area contributed by atoms with Crippen LogP contribution in [0.4, 0.5) is 0 Å². The van der Waals surface area contributed by atoms with Gasteiger partial charge in [-0.3, -0.25) is 0 Å². The maximum atomic E-state index is 2.47. The maximum absolute atomic E-state index is 2.47. The van der Waals surface area contributed by atoms with E-state index in [4.69, 9.17) is 0 Å². The largest absolute Gasteiger partial charge is 0.0851 e. The molecule has 2 bridgehead atoms. The SMILES string of the molecule is C1=CC2CC1CC2Cc1ccc(P(c2ccccc2)c2ccccc2)cc1. The molecule has 0 saturated heterocycles. The second-order valence-electron chi connectivity index (χ2n) is 7.92. The highest BCUT2D eigenvalue weighted by Gasteiger charge is 2.35. The van der Waals surface area contributed by atoms with Crippen LogP contribution in [0.3, 0.4) is 0 Å². The number of rotatable bonds is 5. The Morgan fingerprint density at radius 3 is 1.74 bits per heavy atom. The Hall–Kier alpha value is -2.17. The van der Waals surface area contributed by atoms with E-state index in [1.807, 2.05) is 0 Å². The molecule has 2 aliphatic rings. The molecule has 3 unspecified atom stereocenters. The van der Waals surface area contributed by atoms with Gasteiger partial charge >= 0.3 is 0 Å². The fourth-order valence-corrected chi connectivity index (χ4v) is 7.10. The van der Waals surface area contributed by atoms with Gasteiger partial charge in [-0.15, -0.1) is 0 Å². The van der Waals surface area contributed by atoms with Crippen molar-refractivity contribution in [2.24, 2.45) is 17.8 Å². The summed E-state index contributed by atoms with van der Waals surface area (Å²) in [5.41, 5.74) is 1.50. The minimum atomic E-state index is -0.490. The van der Waals surface area contributed by atoms with E-state index in [0.29, 0.717) is 0 Å². The van der Waals surface area contributed by atoms with E-state index in [9.17, 15) is 0 Å². The summed E-state index contributed by atoms with van der Waals surface area (Å²) in [6, 6.07) is 31.5. The molecule has 2 aliphatic carbocycles. The molecular weight excluding hydrogens is 343 g/mol. The standard InChI is InChI=1S/C26H25P/c1-3-7-24(8-4-1)27(25-9-5-2-6-10-25)26-15-12-20(13-16-26)17-23-19-21-11-14-22(23)18-21/h1-16,21-23H,17-19H2. The number of hydrogen-bond donors (Lipinski definition) is 0. The zero-order valence-electron chi connectivity index (χ0n) is 15.5. The first-order valence-electron chi connectivity index (χ1n) is 10.0. The zero-order chi connectivity index (χ0) is 18.1. The van der Waals surface area contributed by atoms with Crippen molar-refractivity contribution in [1.82, 2.24) is 0 Å². The van der Waals surface area contributed by atoms with Crippen LogP contribution in [0.15, 0.2) is 97.1 Å². The molecule has 0 aromatic heterocycles. The Morgan fingerprint density at radius 2 is 1.22 bits per heavy atom. The molecule has 0 aliphatic heterocycles. The fraction of sp³-hybridized carbons (Fsp3) is 0.231. The molecule has 0 N–H and O–H groups in total. The van der Waals surface area contributed by atoms with E-state index in [1.54, 1.807) is 0 Å². The first kappa shape index (κ1) is 17.0. The van der Waals surface area contributed by atoms with Gasteiger partial charge in [-0.1, -0.05) is 97.1 Å². The van der Waals surface area contributed by atoms with Gasteiger partial charge in [-0.25, -0.2) is 0 Å². The molecule has 1 heteroatoms. The van der Waals surface area contributed by atoms with Gasteiger partial charge in [0.05, 0.1) is 0 Å². The molecule has 0 heterocycles. The van der Waals surface area contributed by atoms with Gasteiger partial charge in [0, 0.05) is 0 Å². The van der Waals surface area contributed by atoms with Crippen molar-refractivity contribution < 1.29 is 0 Å². The lowest BCUT2D eigenvalue weighted by Crippen LogP contribution is -2.20. The molecule has 27 heavy (non-hydrogen) atoms. The molecule has 0 spiro atoms. The minimum Gasteiger partial charge on any atom is -0.0851 e. The summed E-state index contributed by atoms with van der Waals surface area (Å²) in [5.74, 6) is 2.55. The Balaban J connectivity index is 1.42. The molecule has 1 saturated carbocycles. The fourth-order valence-electron chi connectivity index (χ4n) is 4.81. The van der Waals surface area contributed by atoms with E-state index in [1.165, 1.54) is 40.7 Å². The molecule has 1 fully saturated rings. The number of fused-ring (bicyclic) bond motifs is 2. The van der Waals surface area contributed by atoms with Crippen molar-refractivity contribution in [3.8, 4) is 0 Å². The third-order valence-corrected chi connectivity index (χ3v) is 8.58. The molecular formula is C26H25P. The highest BCUT2D eigenvalue weighted by Crippen LogP contribution is 2.44. The normalized spacial score (nSPS) is 23.2. The van der Waals surface area contributed by atoms with Gasteiger partial charge in [0.2, 0.25) is 0 Å². The zero-order valence-corrected chi connectivity index (χ0v) is 16.4. The smallest absolute Gasteiger partial charge is 0.0134 e. The van der Waals surface area contributed by atoms with E-state index in [2.05, 4.69) is 97.1 Å². The van der Waals surface area contributed by atoms with Gasteiger partial charge < -0.3 is 0 Å². The quantitative estimate of drug-likeness (QED) is 0.429. The van der Waals surface area contributed by atoms with Crippen LogP contribution >= 0.6 is 7.92 Å². The van der Waals surface area contributed by atoms with Gasteiger partial charge in [-0.05, 0) is 66.4 Å². The van der Waals surface area contributed by atoms with Crippen LogP contribution < -0.4 is 15.9 Å². The van der Waals surface area contributed by atoms with Crippen molar-refractivity contribution in [2.45, 2.75) is 19.3 Å². The average Bonchev–Trinajstić information content (AvgIpc) is 3.34. The van der Waals surface area contributed by atoms with Crippen LogP contribution in [0.25, 0.3) is 0 Å². The average molecular weight is 368 g/mol. The lowest BCUT2D eigenvalue weighted by molar-refractivity contribution is 0.446.